The van der Waals surface area contributed by atoms with Crippen LogP contribution in [0.3, 0.4) is 0 Å². The Morgan fingerprint density at radius 1 is 1.78 bits per heavy atom. The SMILES string of the molecule is C#CC(=O)OCC1CC1. The molecule has 48 valence electrons. The Morgan fingerprint density at radius 2 is 2.44 bits per heavy atom. The van der Waals surface area contributed by atoms with Crippen molar-refractivity contribution in [3.8, 4) is 12.3 Å². The third kappa shape index (κ3) is 2.18. The minimum Gasteiger partial charge on any atom is -0.456 e. The number of hydrogen-bond donors (Lipinski definition) is 0. The normalized spacial score (nSPS) is 16.3. The second kappa shape index (κ2) is 2.54. The number of esters is 1. The average Bonchev–Trinajstić information content (AvgIpc) is 2.65. The molecule has 0 aliphatic heterocycles. The lowest BCUT2D eigenvalue weighted by atomic mass is 10.5. The first-order valence-electron chi connectivity index (χ1n) is 2.96. The maximum Gasteiger partial charge on any atom is 0.384 e. The minimum absolute atomic E-state index is 0.517. The van der Waals surface area contributed by atoms with Gasteiger partial charge in [0.25, 0.3) is 0 Å². The van der Waals surface area contributed by atoms with Crippen LogP contribution in [0.4, 0.5) is 0 Å². The zero-order chi connectivity index (χ0) is 6.69. The van der Waals surface area contributed by atoms with Crippen molar-refractivity contribution in [3.05, 3.63) is 0 Å². The Labute approximate surface area is 54.2 Å². The molecule has 0 atom stereocenters. The maximum atomic E-state index is 10.3. The molecule has 0 saturated heterocycles. The quantitative estimate of drug-likeness (QED) is 0.305. The van der Waals surface area contributed by atoms with E-state index in [1.807, 2.05) is 5.92 Å². The van der Waals surface area contributed by atoms with Crippen molar-refractivity contribution in [2.24, 2.45) is 5.92 Å². The molecule has 1 fully saturated rings. The van der Waals surface area contributed by atoms with Crippen LogP contribution in [0.25, 0.3) is 0 Å². The summed E-state index contributed by atoms with van der Waals surface area (Å²) < 4.78 is 4.64. The zero-order valence-corrected chi connectivity index (χ0v) is 5.09. The minimum atomic E-state index is -0.540. The van der Waals surface area contributed by atoms with Gasteiger partial charge in [0.15, 0.2) is 0 Å². The van der Waals surface area contributed by atoms with Crippen LogP contribution in [0.1, 0.15) is 12.8 Å². The summed E-state index contributed by atoms with van der Waals surface area (Å²) in [6, 6.07) is 0. The van der Waals surface area contributed by atoms with Gasteiger partial charge in [-0.15, -0.1) is 6.42 Å². The molecule has 9 heavy (non-hydrogen) atoms. The van der Waals surface area contributed by atoms with Crippen LogP contribution in [0, 0.1) is 18.3 Å². The second-order valence-corrected chi connectivity index (χ2v) is 2.19. The van der Waals surface area contributed by atoms with Crippen LogP contribution in [0.15, 0.2) is 0 Å². The molecule has 0 aromatic rings. The lowest BCUT2D eigenvalue weighted by molar-refractivity contribution is -0.137. The summed E-state index contributed by atoms with van der Waals surface area (Å²) in [6.07, 6.45) is 7.11. The van der Waals surface area contributed by atoms with Gasteiger partial charge in [0.05, 0.1) is 6.61 Å². The molecular formula is C7H8O2. The summed E-state index contributed by atoms with van der Waals surface area (Å²) in [6.45, 7) is 0.517. The predicted octanol–water partition coefficient (Wildman–Crippen LogP) is 0.573. The van der Waals surface area contributed by atoms with Crippen molar-refractivity contribution in [3.63, 3.8) is 0 Å². The summed E-state index contributed by atoms with van der Waals surface area (Å²) in [5.74, 6) is 1.95. The number of hydrogen-bond acceptors (Lipinski definition) is 2. The summed E-state index contributed by atoms with van der Waals surface area (Å²) in [7, 11) is 0. The summed E-state index contributed by atoms with van der Waals surface area (Å²) >= 11 is 0. The van der Waals surface area contributed by atoms with E-state index in [4.69, 9.17) is 6.42 Å². The van der Waals surface area contributed by atoms with Gasteiger partial charge in [-0.1, -0.05) is 0 Å². The molecule has 1 aliphatic carbocycles. The Kier molecular flexibility index (Phi) is 1.74. The molecule has 0 bridgehead atoms. The van der Waals surface area contributed by atoms with Crippen molar-refractivity contribution >= 4 is 5.97 Å². The Morgan fingerprint density at radius 3 is 2.89 bits per heavy atom. The lowest BCUT2D eigenvalue weighted by Gasteiger charge is -1.94. The molecule has 2 nitrogen and oxygen atoms in total. The van der Waals surface area contributed by atoms with Gasteiger partial charge in [0.2, 0.25) is 0 Å². The molecule has 1 saturated carbocycles. The smallest absolute Gasteiger partial charge is 0.384 e. The van der Waals surface area contributed by atoms with Gasteiger partial charge in [0, 0.05) is 5.92 Å². The summed E-state index contributed by atoms with van der Waals surface area (Å²) in [4.78, 5) is 10.3. The Balaban J connectivity index is 2.04. The number of rotatable bonds is 2. The van der Waals surface area contributed by atoms with Gasteiger partial charge >= 0.3 is 5.97 Å². The van der Waals surface area contributed by atoms with Crippen LogP contribution >= 0.6 is 0 Å². The number of ether oxygens (including phenoxy) is 1. The van der Waals surface area contributed by atoms with Crippen molar-refractivity contribution in [2.75, 3.05) is 6.61 Å². The van der Waals surface area contributed by atoms with Crippen molar-refractivity contribution in [2.45, 2.75) is 12.8 Å². The average molecular weight is 124 g/mol. The number of carbonyl (C=O) groups excluding carboxylic acids is 1. The summed E-state index contributed by atoms with van der Waals surface area (Å²) in [5.41, 5.74) is 0. The Bertz CT molecular complexity index is 151. The molecule has 0 N–H and O–H groups in total. The summed E-state index contributed by atoms with van der Waals surface area (Å²) in [5, 5.41) is 0. The van der Waals surface area contributed by atoms with Crippen LogP contribution < -0.4 is 0 Å². The lowest BCUT2D eigenvalue weighted by Crippen LogP contribution is -2.03. The Hall–Kier alpha value is -0.970. The van der Waals surface area contributed by atoms with Gasteiger partial charge in [0.1, 0.15) is 0 Å². The highest BCUT2D eigenvalue weighted by Gasteiger charge is 2.22. The first-order valence-corrected chi connectivity index (χ1v) is 2.96. The topological polar surface area (TPSA) is 26.3 Å². The third-order valence-electron chi connectivity index (χ3n) is 1.26. The second-order valence-electron chi connectivity index (χ2n) is 2.19. The molecular weight excluding hydrogens is 116 g/mol. The fourth-order valence-electron chi connectivity index (χ4n) is 0.520. The van der Waals surface area contributed by atoms with E-state index >= 15 is 0 Å². The molecule has 0 amide bonds. The van der Waals surface area contributed by atoms with E-state index in [1.165, 1.54) is 12.8 Å². The van der Waals surface area contributed by atoms with E-state index in [2.05, 4.69) is 4.74 Å². The molecule has 2 heteroatoms. The van der Waals surface area contributed by atoms with Crippen molar-refractivity contribution < 1.29 is 9.53 Å². The maximum absolute atomic E-state index is 10.3. The van der Waals surface area contributed by atoms with Gasteiger partial charge in [-0.05, 0) is 18.8 Å². The van der Waals surface area contributed by atoms with Crippen molar-refractivity contribution in [1.82, 2.24) is 0 Å². The molecule has 0 heterocycles. The highest BCUT2D eigenvalue weighted by atomic mass is 16.5. The van der Waals surface area contributed by atoms with Gasteiger partial charge in [-0.25, -0.2) is 4.79 Å². The first-order chi connectivity index (χ1) is 4.33. The van der Waals surface area contributed by atoms with Crippen LogP contribution in [-0.2, 0) is 9.53 Å². The largest absolute Gasteiger partial charge is 0.456 e. The molecule has 0 aromatic heterocycles. The van der Waals surface area contributed by atoms with E-state index in [-0.39, 0.29) is 0 Å². The molecule has 0 unspecified atom stereocenters. The van der Waals surface area contributed by atoms with Gasteiger partial charge in [-0.3, -0.25) is 0 Å². The zero-order valence-electron chi connectivity index (χ0n) is 5.09. The first kappa shape index (κ1) is 6.15. The monoisotopic (exact) mass is 124 g/mol. The molecule has 0 spiro atoms. The highest BCUT2D eigenvalue weighted by Crippen LogP contribution is 2.28. The van der Waals surface area contributed by atoms with Crippen LogP contribution in [0.2, 0.25) is 0 Å². The highest BCUT2D eigenvalue weighted by molar-refractivity contribution is 5.87. The van der Waals surface area contributed by atoms with E-state index in [1.54, 1.807) is 0 Å². The van der Waals surface area contributed by atoms with Crippen LogP contribution in [0.5, 0.6) is 0 Å². The predicted molar refractivity (Wildman–Crippen MR) is 32.5 cm³/mol. The fraction of sp³-hybridized carbons (Fsp3) is 0.571. The molecule has 1 rings (SSSR count). The van der Waals surface area contributed by atoms with Gasteiger partial charge in [-0.2, -0.15) is 0 Å². The standard InChI is InChI=1S/C7H8O2/c1-2-7(8)9-5-6-3-4-6/h1,6H,3-5H2. The van der Waals surface area contributed by atoms with Gasteiger partial charge < -0.3 is 4.74 Å². The van der Waals surface area contributed by atoms with E-state index < -0.39 is 5.97 Å². The number of terminal acetylenes is 1. The van der Waals surface area contributed by atoms with E-state index in [9.17, 15) is 4.79 Å². The van der Waals surface area contributed by atoms with Crippen LogP contribution in [-0.4, -0.2) is 12.6 Å². The van der Waals surface area contributed by atoms with Crippen molar-refractivity contribution in [1.29, 1.82) is 0 Å². The third-order valence-corrected chi connectivity index (χ3v) is 1.26. The van der Waals surface area contributed by atoms with E-state index in [0.717, 1.165) is 0 Å². The molecule has 0 aromatic carbocycles. The number of carbonyl (C=O) groups is 1. The van der Waals surface area contributed by atoms with E-state index in [0.29, 0.717) is 12.5 Å². The molecule has 1 aliphatic rings. The molecule has 0 radical (unpaired) electrons. The fourth-order valence-corrected chi connectivity index (χ4v) is 0.520.